The van der Waals surface area contributed by atoms with Crippen LogP contribution in [0.4, 0.5) is 0 Å². The van der Waals surface area contributed by atoms with Crippen molar-refractivity contribution in [1.82, 2.24) is 9.80 Å². The molecule has 5 heteroatoms. The Kier molecular flexibility index (Phi) is 5.61. The third-order valence-electron chi connectivity index (χ3n) is 4.98. The average molecular weight is 332 g/mol. The summed E-state index contributed by atoms with van der Waals surface area (Å²) in [6.45, 7) is 2.37. The Morgan fingerprint density at radius 1 is 1.08 bits per heavy atom. The van der Waals surface area contributed by atoms with Gasteiger partial charge < -0.3 is 14.4 Å². The summed E-state index contributed by atoms with van der Waals surface area (Å²) in [6, 6.07) is 6.43. The second kappa shape index (κ2) is 7.88. The molecule has 3 rings (SSSR count). The minimum absolute atomic E-state index is 0.210. The molecule has 0 aromatic heterocycles. The largest absolute Gasteiger partial charge is 0.486 e. The van der Waals surface area contributed by atoms with Gasteiger partial charge in [0.2, 0.25) is 5.91 Å². The zero-order chi connectivity index (χ0) is 16.9. The van der Waals surface area contributed by atoms with Gasteiger partial charge in [-0.25, -0.2) is 0 Å². The highest BCUT2D eigenvalue weighted by Gasteiger charge is 2.22. The molecule has 0 saturated heterocycles. The molecule has 1 aromatic carbocycles. The zero-order valence-electron chi connectivity index (χ0n) is 14.8. The van der Waals surface area contributed by atoms with Gasteiger partial charge in [-0.15, -0.1) is 0 Å². The van der Waals surface area contributed by atoms with Gasteiger partial charge in [-0.3, -0.25) is 9.69 Å². The number of carbonyl (C=O) groups excluding carboxylic acids is 1. The summed E-state index contributed by atoms with van der Waals surface area (Å²) >= 11 is 0. The number of amides is 1. The lowest BCUT2D eigenvalue weighted by Crippen LogP contribution is -2.43. The van der Waals surface area contributed by atoms with Gasteiger partial charge in [-0.1, -0.05) is 25.3 Å². The molecule has 24 heavy (non-hydrogen) atoms. The van der Waals surface area contributed by atoms with Crippen LogP contribution in [0.5, 0.6) is 11.5 Å². The van der Waals surface area contributed by atoms with Crippen molar-refractivity contribution in [3.8, 4) is 11.5 Å². The van der Waals surface area contributed by atoms with Crippen molar-refractivity contribution in [2.24, 2.45) is 0 Å². The van der Waals surface area contributed by atoms with Crippen LogP contribution in [0.2, 0.25) is 0 Å². The van der Waals surface area contributed by atoms with Gasteiger partial charge in [0.15, 0.2) is 11.5 Å². The monoisotopic (exact) mass is 332 g/mol. The van der Waals surface area contributed by atoms with E-state index in [0.29, 0.717) is 25.8 Å². The topological polar surface area (TPSA) is 42.0 Å². The predicted molar refractivity (Wildman–Crippen MR) is 93.4 cm³/mol. The first-order chi connectivity index (χ1) is 11.6. The fourth-order valence-corrected chi connectivity index (χ4v) is 3.57. The highest BCUT2D eigenvalue weighted by molar-refractivity contribution is 5.78. The van der Waals surface area contributed by atoms with Crippen LogP contribution in [0.3, 0.4) is 0 Å². The fourth-order valence-electron chi connectivity index (χ4n) is 3.57. The van der Waals surface area contributed by atoms with Gasteiger partial charge in [0.1, 0.15) is 13.2 Å². The van der Waals surface area contributed by atoms with Gasteiger partial charge in [0.05, 0.1) is 6.54 Å². The number of fused-ring (bicyclic) bond motifs is 1. The minimum atomic E-state index is 0.210. The summed E-state index contributed by atoms with van der Waals surface area (Å²) in [5.41, 5.74) is 1.13. The Morgan fingerprint density at radius 2 is 1.79 bits per heavy atom. The molecule has 132 valence electrons. The van der Waals surface area contributed by atoms with Crippen molar-refractivity contribution in [1.29, 1.82) is 0 Å². The molecule has 1 saturated carbocycles. The van der Waals surface area contributed by atoms with E-state index in [4.69, 9.17) is 9.47 Å². The van der Waals surface area contributed by atoms with Crippen molar-refractivity contribution >= 4 is 5.91 Å². The third kappa shape index (κ3) is 4.20. The maximum absolute atomic E-state index is 12.5. The molecule has 0 spiro atoms. The molecule has 2 aliphatic rings. The van der Waals surface area contributed by atoms with E-state index in [0.717, 1.165) is 36.4 Å². The van der Waals surface area contributed by atoms with Crippen molar-refractivity contribution in [3.05, 3.63) is 23.8 Å². The van der Waals surface area contributed by atoms with Crippen LogP contribution in [-0.2, 0) is 11.3 Å². The first-order valence-electron chi connectivity index (χ1n) is 8.96. The molecule has 0 bridgehead atoms. The van der Waals surface area contributed by atoms with E-state index in [2.05, 4.69) is 4.90 Å². The molecule has 1 fully saturated rings. The van der Waals surface area contributed by atoms with Gasteiger partial charge in [-0.05, 0) is 37.6 Å². The molecule has 0 atom stereocenters. The van der Waals surface area contributed by atoms with Gasteiger partial charge in [0.25, 0.3) is 0 Å². The number of ether oxygens (including phenoxy) is 2. The van der Waals surface area contributed by atoms with Crippen LogP contribution >= 0.6 is 0 Å². The summed E-state index contributed by atoms with van der Waals surface area (Å²) in [7, 11) is 3.94. The number of hydrogen-bond donors (Lipinski definition) is 0. The number of hydrogen-bond acceptors (Lipinski definition) is 4. The summed E-state index contributed by atoms with van der Waals surface area (Å²) < 4.78 is 11.2. The standard InChI is InChI=1S/C19H28N2O3/c1-20(14-19(22)21(2)16-6-4-3-5-7-16)13-15-8-9-17-18(12-15)24-11-10-23-17/h8-9,12,16H,3-7,10-11,13-14H2,1-2H3. The van der Waals surface area contributed by atoms with Crippen LogP contribution in [-0.4, -0.2) is 55.6 Å². The Labute approximate surface area is 144 Å². The summed E-state index contributed by atoms with van der Waals surface area (Å²) in [5, 5.41) is 0. The van der Waals surface area contributed by atoms with Gasteiger partial charge in [-0.2, -0.15) is 0 Å². The quantitative estimate of drug-likeness (QED) is 0.831. The fraction of sp³-hybridized carbons (Fsp3) is 0.632. The van der Waals surface area contributed by atoms with Crippen molar-refractivity contribution < 1.29 is 14.3 Å². The molecule has 1 aliphatic heterocycles. The summed E-state index contributed by atoms with van der Waals surface area (Å²) in [5.74, 6) is 1.82. The van der Waals surface area contributed by atoms with Crippen molar-refractivity contribution in [3.63, 3.8) is 0 Å². The summed E-state index contributed by atoms with van der Waals surface area (Å²) in [6.07, 6.45) is 6.09. The number of carbonyl (C=O) groups is 1. The van der Waals surface area contributed by atoms with E-state index in [1.165, 1.54) is 19.3 Å². The van der Waals surface area contributed by atoms with Gasteiger partial charge >= 0.3 is 0 Å². The van der Waals surface area contributed by atoms with E-state index in [1.807, 2.05) is 37.2 Å². The average Bonchev–Trinajstić information content (AvgIpc) is 2.61. The van der Waals surface area contributed by atoms with E-state index in [1.54, 1.807) is 0 Å². The normalized spacial score (nSPS) is 17.8. The van der Waals surface area contributed by atoms with E-state index < -0.39 is 0 Å². The highest BCUT2D eigenvalue weighted by atomic mass is 16.6. The van der Waals surface area contributed by atoms with Gasteiger partial charge in [0, 0.05) is 19.6 Å². The maximum Gasteiger partial charge on any atom is 0.236 e. The summed E-state index contributed by atoms with van der Waals surface area (Å²) in [4.78, 5) is 16.5. The molecule has 1 aliphatic carbocycles. The molecule has 1 aromatic rings. The second-order valence-corrected chi connectivity index (χ2v) is 6.95. The molecule has 1 amide bonds. The van der Waals surface area contributed by atoms with Crippen LogP contribution < -0.4 is 9.47 Å². The lowest BCUT2D eigenvalue weighted by Gasteiger charge is -2.32. The van der Waals surface area contributed by atoms with E-state index >= 15 is 0 Å². The lowest BCUT2D eigenvalue weighted by molar-refractivity contribution is -0.133. The van der Waals surface area contributed by atoms with E-state index in [9.17, 15) is 4.79 Å². The Balaban J connectivity index is 1.53. The molecule has 5 nitrogen and oxygen atoms in total. The second-order valence-electron chi connectivity index (χ2n) is 6.95. The molecule has 0 unspecified atom stereocenters. The van der Waals surface area contributed by atoms with Crippen molar-refractivity contribution in [2.45, 2.75) is 44.7 Å². The highest BCUT2D eigenvalue weighted by Crippen LogP contribution is 2.31. The van der Waals surface area contributed by atoms with Crippen LogP contribution in [0.1, 0.15) is 37.7 Å². The predicted octanol–water partition coefficient (Wildman–Crippen LogP) is 2.68. The molecular formula is C19H28N2O3. The first-order valence-corrected chi connectivity index (χ1v) is 8.96. The minimum Gasteiger partial charge on any atom is -0.486 e. The Hall–Kier alpha value is -1.75. The number of likely N-dealkylation sites (N-methyl/N-ethyl adjacent to an activating group) is 2. The molecule has 1 heterocycles. The number of rotatable bonds is 5. The lowest BCUT2D eigenvalue weighted by atomic mass is 9.94. The van der Waals surface area contributed by atoms with Crippen molar-refractivity contribution in [2.75, 3.05) is 33.9 Å². The SMILES string of the molecule is CN(CC(=O)N(C)C1CCCCC1)Cc1ccc2c(c1)OCCO2. The number of nitrogens with zero attached hydrogens (tertiary/aromatic N) is 2. The molecular weight excluding hydrogens is 304 g/mol. The molecule has 0 radical (unpaired) electrons. The van der Waals surface area contributed by atoms with Crippen LogP contribution in [0.25, 0.3) is 0 Å². The smallest absolute Gasteiger partial charge is 0.236 e. The Morgan fingerprint density at radius 3 is 2.54 bits per heavy atom. The maximum atomic E-state index is 12.5. The number of benzene rings is 1. The van der Waals surface area contributed by atoms with E-state index in [-0.39, 0.29) is 5.91 Å². The van der Waals surface area contributed by atoms with Crippen LogP contribution in [0.15, 0.2) is 18.2 Å². The van der Waals surface area contributed by atoms with Crippen LogP contribution in [0, 0.1) is 0 Å². The molecule has 0 N–H and O–H groups in total. The first kappa shape index (κ1) is 17.1. The Bertz CT molecular complexity index is 570. The third-order valence-corrected chi connectivity index (χ3v) is 4.98. The zero-order valence-corrected chi connectivity index (χ0v) is 14.8.